The summed E-state index contributed by atoms with van der Waals surface area (Å²) in [6.07, 6.45) is 8.64. The summed E-state index contributed by atoms with van der Waals surface area (Å²) in [5, 5.41) is 10.5. The lowest BCUT2D eigenvalue weighted by Crippen LogP contribution is -2.27. The number of carbonyl (C=O) groups excluding carboxylic acids is 1. The molecule has 2 aromatic carbocycles. The molecule has 0 bridgehead atoms. The van der Waals surface area contributed by atoms with Crippen molar-refractivity contribution in [1.29, 1.82) is 0 Å². The second kappa shape index (κ2) is 8.26. The van der Waals surface area contributed by atoms with Crippen LogP contribution in [0.4, 0.5) is 0 Å². The van der Waals surface area contributed by atoms with Crippen LogP contribution in [0, 0.1) is 0 Å². The van der Waals surface area contributed by atoms with Crippen molar-refractivity contribution in [2.75, 3.05) is 0 Å². The Morgan fingerprint density at radius 3 is 2.81 bits per heavy atom. The molecule has 2 aliphatic heterocycles. The van der Waals surface area contributed by atoms with Gasteiger partial charge in [0.15, 0.2) is 5.78 Å². The summed E-state index contributed by atoms with van der Waals surface area (Å²) >= 11 is 0. The first-order chi connectivity index (χ1) is 14.7. The molecule has 0 aromatic heterocycles. The number of carbonyl (C=O) groups is 1. The minimum atomic E-state index is -0.382. The second-order valence-electron chi connectivity index (χ2n) is 9.18. The van der Waals surface area contributed by atoms with Crippen LogP contribution in [0.5, 0.6) is 17.2 Å². The predicted molar refractivity (Wildman–Crippen MR) is 123 cm³/mol. The largest absolute Gasteiger partial charge is 0.508 e. The first kappa shape index (κ1) is 21.2. The molecule has 4 heteroatoms. The predicted octanol–water partition coefficient (Wildman–Crippen LogP) is 6.57. The van der Waals surface area contributed by atoms with Gasteiger partial charge in [-0.3, -0.25) is 4.79 Å². The number of phenols is 1. The Balaban J connectivity index is 1.61. The molecule has 162 valence electrons. The summed E-state index contributed by atoms with van der Waals surface area (Å²) in [7, 11) is 0. The van der Waals surface area contributed by atoms with Gasteiger partial charge >= 0.3 is 0 Å². The summed E-state index contributed by atoms with van der Waals surface area (Å²) in [5.74, 6) is 1.59. The van der Waals surface area contributed by atoms with Gasteiger partial charge in [0, 0.05) is 11.1 Å². The molecule has 0 fully saturated rings. The second-order valence-corrected chi connectivity index (χ2v) is 9.18. The van der Waals surface area contributed by atoms with Gasteiger partial charge in [0.25, 0.3) is 0 Å². The van der Waals surface area contributed by atoms with Gasteiger partial charge in [-0.25, -0.2) is 0 Å². The number of ether oxygens (including phenoxy) is 2. The van der Waals surface area contributed by atoms with Crippen molar-refractivity contribution in [3.63, 3.8) is 0 Å². The van der Waals surface area contributed by atoms with Gasteiger partial charge in [0.1, 0.15) is 29.0 Å². The molecule has 2 heterocycles. The number of rotatable bonds is 5. The highest BCUT2D eigenvalue weighted by Gasteiger charge is 2.31. The number of hydrogen-bond acceptors (Lipinski definition) is 4. The monoisotopic (exact) mass is 418 g/mol. The van der Waals surface area contributed by atoms with E-state index in [1.807, 2.05) is 38.1 Å². The third-order valence-corrected chi connectivity index (χ3v) is 5.79. The number of Topliss-reactive ketones (excluding diaryl/α,β-unsaturated/α-hetero) is 1. The number of benzene rings is 2. The SMILES string of the molecule is CC(C)=CCCCc1c(O)ccc2c1O[C@@H](c1ccc3c(c1)C=CC(C)(C)O3)CC2=O. The Kier molecular flexibility index (Phi) is 5.65. The summed E-state index contributed by atoms with van der Waals surface area (Å²) in [6, 6.07) is 9.23. The molecule has 0 radical (unpaired) electrons. The molecule has 0 unspecified atom stereocenters. The zero-order chi connectivity index (χ0) is 22.2. The Morgan fingerprint density at radius 1 is 1.23 bits per heavy atom. The van der Waals surface area contributed by atoms with Crippen LogP contribution in [0.25, 0.3) is 6.08 Å². The van der Waals surface area contributed by atoms with Crippen LogP contribution in [0.1, 0.15) is 80.1 Å². The average molecular weight is 419 g/mol. The molecular weight excluding hydrogens is 388 g/mol. The third kappa shape index (κ3) is 4.53. The first-order valence-corrected chi connectivity index (χ1v) is 10.9. The van der Waals surface area contributed by atoms with E-state index in [-0.39, 0.29) is 29.7 Å². The molecule has 4 nitrogen and oxygen atoms in total. The van der Waals surface area contributed by atoms with Crippen LogP contribution in [0.2, 0.25) is 0 Å². The maximum absolute atomic E-state index is 12.9. The van der Waals surface area contributed by atoms with Crippen molar-refractivity contribution in [3.8, 4) is 17.2 Å². The molecule has 0 aliphatic carbocycles. The van der Waals surface area contributed by atoms with Gasteiger partial charge in [-0.1, -0.05) is 23.8 Å². The van der Waals surface area contributed by atoms with Crippen molar-refractivity contribution in [1.82, 2.24) is 0 Å². The number of ketones is 1. The standard InChI is InChI=1S/C27H30O4/c1-17(2)7-5-6-8-20-22(28)11-10-21-23(29)16-25(30-26(20)21)18-9-12-24-19(15-18)13-14-27(3,4)31-24/h7,9-15,25,28H,5-6,8,16H2,1-4H3/t25-/m1/s1. The normalized spacial score (nSPS) is 18.5. The summed E-state index contributed by atoms with van der Waals surface area (Å²) < 4.78 is 12.4. The van der Waals surface area contributed by atoms with Crippen LogP contribution in [0.15, 0.2) is 48.1 Å². The molecule has 0 saturated heterocycles. The van der Waals surface area contributed by atoms with Gasteiger partial charge in [-0.05, 0) is 82.9 Å². The Labute approximate surface area is 184 Å². The van der Waals surface area contributed by atoms with Crippen molar-refractivity contribution in [2.24, 2.45) is 0 Å². The Bertz CT molecular complexity index is 1070. The third-order valence-electron chi connectivity index (χ3n) is 5.79. The minimum absolute atomic E-state index is 0.0439. The van der Waals surface area contributed by atoms with Gasteiger partial charge in [-0.15, -0.1) is 0 Å². The summed E-state index contributed by atoms with van der Waals surface area (Å²) in [6.45, 7) is 8.19. The zero-order valence-corrected chi connectivity index (χ0v) is 18.7. The fourth-order valence-corrected chi connectivity index (χ4v) is 4.13. The number of fused-ring (bicyclic) bond motifs is 2. The molecule has 31 heavy (non-hydrogen) atoms. The molecule has 1 atom stereocenters. The van der Waals surface area contributed by atoms with Crippen molar-refractivity contribution in [2.45, 2.75) is 65.1 Å². The summed E-state index contributed by atoms with van der Waals surface area (Å²) in [5.41, 5.74) is 4.15. The lowest BCUT2D eigenvalue weighted by atomic mass is 9.91. The van der Waals surface area contributed by atoms with Gasteiger partial charge < -0.3 is 14.6 Å². The van der Waals surface area contributed by atoms with E-state index in [0.29, 0.717) is 17.7 Å². The fraction of sp³-hybridized carbons (Fsp3) is 0.370. The van der Waals surface area contributed by atoms with E-state index in [0.717, 1.165) is 35.3 Å². The van der Waals surface area contributed by atoms with E-state index >= 15 is 0 Å². The van der Waals surface area contributed by atoms with Crippen LogP contribution >= 0.6 is 0 Å². The maximum Gasteiger partial charge on any atom is 0.170 e. The lowest BCUT2D eigenvalue weighted by Gasteiger charge is -2.30. The number of unbranched alkanes of at least 4 members (excludes halogenated alkanes) is 1. The Morgan fingerprint density at radius 2 is 2.03 bits per heavy atom. The highest BCUT2D eigenvalue weighted by molar-refractivity contribution is 6.00. The molecule has 2 aromatic rings. The van der Waals surface area contributed by atoms with Gasteiger partial charge in [-0.2, -0.15) is 0 Å². The van der Waals surface area contributed by atoms with Crippen LogP contribution < -0.4 is 9.47 Å². The number of phenolic OH excluding ortho intramolecular Hbond substituents is 1. The van der Waals surface area contributed by atoms with E-state index in [9.17, 15) is 9.90 Å². The quantitative estimate of drug-likeness (QED) is 0.441. The molecule has 2 aliphatic rings. The maximum atomic E-state index is 12.9. The van der Waals surface area contributed by atoms with Gasteiger partial charge in [0.05, 0.1) is 12.0 Å². The lowest BCUT2D eigenvalue weighted by molar-refractivity contribution is 0.0847. The van der Waals surface area contributed by atoms with E-state index in [2.05, 4.69) is 26.0 Å². The van der Waals surface area contributed by atoms with Crippen LogP contribution in [-0.4, -0.2) is 16.5 Å². The minimum Gasteiger partial charge on any atom is -0.508 e. The van der Waals surface area contributed by atoms with Crippen LogP contribution in [-0.2, 0) is 6.42 Å². The average Bonchev–Trinajstić information content (AvgIpc) is 2.71. The van der Waals surface area contributed by atoms with E-state index in [4.69, 9.17) is 9.47 Å². The van der Waals surface area contributed by atoms with E-state index < -0.39 is 0 Å². The number of hydrogen-bond donors (Lipinski definition) is 1. The fourth-order valence-electron chi connectivity index (χ4n) is 4.13. The molecule has 0 amide bonds. The smallest absolute Gasteiger partial charge is 0.170 e. The summed E-state index contributed by atoms with van der Waals surface area (Å²) in [4.78, 5) is 12.9. The van der Waals surface area contributed by atoms with Crippen LogP contribution in [0.3, 0.4) is 0 Å². The van der Waals surface area contributed by atoms with Crippen molar-refractivity contribution >= 4 is 11.9 Å². The van der Waals surface area contributed by atoms with Crippen molar-refractivity contribution in [3.05, 3.63) is 70.3 Å². The topological polar surface area (TPSA) is 55.8 Å². The first-order valence-electron chi connectivity index (χ1n) is 10.9. The number of aromatic hydroxyl groups is 1. The zero-order valence-electron chi connectivity index (χ0n) is 18.7. The Hall–Kier alpha value is -3.01. The molecule has 0 spiro atoms. The van der Waals surface area contributed by atoms with Gasteiger partial charge in [0.2, 0.25) is 0 Å². The van der Waals surface area contributed by atoms with Crippen molar-refractivity contribution < 1.29 is 19.4 Å². The molecule has 4 rings (SSSR count). The highest BCUT2D eigenvalue weighted by atomic mass is 16.5. The van der Waals surface area contributed by atoms with E-state index in [1.165, 1.54) is 5.57 Å². The number of allylic oxidation sites excluding steroid dienone is 2. The van der Waals surface area contributed by atoms with E-state index in [1.54, 1.807) is 12.1 Å². The molecule has 0 saturated carbocycles. The molecular formula is C27H30O4. The highest BCUT2D eigenvalue weighted by Crippen LogP contribution is 2.42. The molecule has 1 N–H and O–H groups in total.